The van der Waals surface area contributed by atoms with E-state index in [9.17, 15) is 18.0 Å². The second-order valence-corrected chi connectivity index (χ2v) is 9.61. The van der Waals surface area contributed by atoms with Crippen molar-refractivity contribution in [2.75, 3.05) is 45.7 Å². The van der Waals surface area contributed by atoms with Gasteiger partial charge in [-0.05, 0) is 37.3 Å². The predicted octanol–water partition coefficient (Wildman–Crippen LogP) is 1.57. The molecule has 0 radical (unpaired) electrons. The first-order valence-electron chi connectivity index (χ1n) is 10.4. The third kappa shape index (κ3) is 4.33. The molecule has 2 aromatic rings. The first kappa shape index (κ1) is 22.9. The summed E-state index contributed by atoms with van der Waals surface area (Å²) in [6.07, 6.45) is -0.644. The van der Waals surface area contributed by atoms with Crippen LogP contribution < -0.4 is 19.5 Å². The Balaban J connectivity index is 1.47. The Morgan fingerprint density at radius 1 is 1.06 bits per heavy atom. The van der Waals surface area contributed by atoms with E-state index in [-0.39, 0.29) is 42.9 Å². The lowest BCUT2D eigenvalue weighted by Crippen LogP contribution is -2.50. The van der Waals surface area contributed by atoms with Gasteiger partial charge in [-0.15, -0.1) is 0 Å². The summed E-state index contributed by atoms with van der Waals surface area (Å²) >= 11 is 0. The highest BCUT2D eigenvalue weighted by Gasteiger charge is 2.33. The minimum absolute atomic E-state index is 0.0521. The minimum Gasteiger partial charge on any atom is -0.497 e. The Labute approximate surface area is 192 Å². The van der Waals surface area contributed by atoms with Crippen molar-refractivity contribution in [3.63, 3.8) is 0 Å². The summed E-state index contributed by atoms with van der Waals surface area (Å²) in [5, 5.41) is 2.66. The number of rotatable bonds is 5. The van der Waals surface area contributed by atoms with E-state index in [1.807, 2.05) is 0 Å². The van der Waals surface area contributed by atoms with E-state index in [4.69, 9.17) is 14.2 Å². The van der Waals surface area contributed by atoms with Crippen LogP contribution in [0.15, 0.2) is 41.3 Å². The van der Waals surface area contributed by atoms with Gasteiger partial charge in [0.15, 0.2) is 6.10 Å². The summed E-state index contributed by atoms with van der Waals surface area (Å²) in [6, 6.07) is 9.33. The lowest BCUT2D eigenvalue weighted by Gasteiger charge is -2.34. The number of methoxy groups -OCH3 is 2. The highest BCUT2D eigenvalue weighted by atomic mass is 32.2. The fourth-order valence-electron chi connectivity index (χ4n) is 3.77. The third-order valence-electron chi connectivity index (χ3n) is 5.68. The van der Waals surface area contributed by atoms with Gasteiger partial charge in [-0.1, -0.05) is 0 Å². The van der Waals surface area contributed by atoms with E-state index < -0.39 is 16.1 Å². The van der Waals surface area contributed by atoms with Gasteiger partial charge in [0.1, 0.15) is 17.2 Å². The number of hydrogen-bond donors (Lipinski definition) is 1. The average Bonchev–Trinajstić information content (AvgIpc) is 2.83. The molecule has 10 nitrogen and oxygen atoms in total. The Kier molecular flexibility index (Phi) is 6.17. The van der Waals surface area contributed by atoms with E-state index >= 15 is 0 Å². The van der Waals surface area contributed by atoms with Crippen LogP contribution in [0, 0.1) is 0 Å². The number of fused-ring (bicyclic) bond motifs is 1. The lowest BCUT2D eigenvalue weighted by atomic mass is 10.1. The predicted molar refractivity (Wildman–Crippen MR) is 119 cm³/mol. The zero-order valence-corrected chi connectivity index (χ0v) is 19.3. The van der Waals surface area contributed by atoms with Crippen molar-refractivity contribution in [2.24, 2.45) is 0 Å². The second-order valence-electron chi connectivity index (χ2n) is 7.67. The number of hydrogen-bond acceptors (Lipinski definition) is 7. The first-order valence-corrected chi connectivity index (χ1v) is 11.8. The standard InChI is InChI=1S/C22H25N3O7S/c1-14-21(26)23-18-13-16(5-7-19(18)32-14)33(28,29)25-10-8-24(9-11-25)22(27)17-6-4-15(30-2)12-20(17)31-3/h4-7,12-14H,8-11H2,1-3H3,(H,23,26)/t14-/m1/s1. The molecule has 1 atom stereocenters. The molecule has 2 heterocycles. The van der Waals surface area contributed by atoms with E-state index in [2.05, 4.69) is 5.32 Å². The Hall–Kier alpha value is -3.31. The fourth-order valence-corrected chi connectivity index (χ4v) is 5.22. The molecule has 2 aromatic carbocycles. The number of amides is 2. The maximum Gasteiger partial charge on any atom is 0.265 e. The highest BCUT2D eigenvalue weighted by Crippen LogP contribution is 2.33. The SMILES string of the molecule is COc1ccc(C(=O)N2CCN(S(=O)(=O)c3ccc4c(c3)NC(=O)[C@@H](C)O4)CC2)c(OC)c1. The van der Waals surface area contributed by atoms with E-state index in [0.29, 0.717) is 28.5 Å². The smallest absolute Gasteiger partial charge is 0.265 e. The summed E-state index contributed by atoms with van der Waals surface area (Å²) in [7, 11) is -0.812. The van der Waals surface area contributed by atoms with Crippen molar-refractivity contribution in [1.29, 1.82) is 0 Å². The molecule has 1 N–H and O–H groups in total. The van der Waals surface area contributed by atoms with Gasteiger partial charge < -0.3 is 24.4 Å². The molecule has 176 valence electrons. The van der Waals surface area contributed by atoms with Crippen molar-refractivity contribution in [3.05, 3.63) is 42.0 Å². The minimum atomic E-state index is -3.81. The average molecular weight is 476 g/mol. The molecular formula is C22H25N3O7S. The maximum absolute atomic E-state index is 13.2. The summed E-state index contributed by atoms with van der Waals surface area (Å²) < 4.78 is 43.7. The molecule has 0 aromatic heterocycles. The van der Waals surface area contributed by atoms with Gasteiger partial charge in [-0.2, -0.15) is 4.31 Å². The molecule has 0 spiro atoms. The van der Waals surface area contributed by atoms with Crippen molar-refractivity contribution >= 4 is 27.5 Å². The fraction of sp³-hybridized carbons (Fsp3) is 0.364. The van der Waals surface area contributed by atoms with Crippen LogP contribution in [0.4, 0.5) is 5.69 Å². The number of anilines is 1. The highest BCUT2D eigenvalue weighted by molar-refractivity contribution is 7.89. The first-order chi connectivity index (χ1) is 15.7. The Morgan fingerprint density at radius 2 is 1.79 bits per heavy atom. The van der Waals surface area contributed by atoms with Crippen LogP contribution in [0.5, 0.6) is 17.2 Å². The van der Waals surface area contributed by atoms with Crippen LogP contribution in [0.3, 0.4) is 0 Å². The molecule has 0 aliphatic carbocycles. The zero-order chi connectivity index (χ0) is 23.8. The number of benzene rings is 2. The lowest BCUT2D eigenvalue weighted by molar-refractivity contribution is -0.122. The number of nitrogens with one attached hydrogen (secondary N) is 1. The number of nitrogens with zero attached hydrogens (tertiary/aromatic N) is 2. The van der Waals surface area contributed by atoms with E-state index in [1.165, 1.54) is 36.7 Å². The molecule has 0 unspecified atom stereocenters. The van der Waals surface area contributed by atoms with Gasteiger partial charge >= 0.3 is 0 Å². The number of piperazine rings is 1. The van der Waals surface area contributed by atoms with Gasteiger partial charge in [0.05, 0.1) is 30.4 Å². The molecule has 0 bridgehead atoms. The quantitative estimate of drug-likeness (QED) is 0.698. The monoisotopic (exact) mass is 475 g/mol. The molecule has 11 heteroatoms. The maximum atomic E-state index is 13.2. The normalized spacial score (nSPS) is 18.7. The molecule has 2 aliphatic rings. The molecule has 4 rings (SSSR count). The van der Waals surface area contributed by atoms with Crippen molar-refractivity contribution in [2.45, 2.75) is 17.9 Å². The second kappa shape index (κ2) is 8.91. The molecule has 0 saturated carbocycles. The van der Waals surface area contributed by atoms with Gasteiger partial charge in [-0.3, -0.25) is 9.59 Å². The molecule has 2 amide bonds. The topological polar surface area (TPSA) is 114 Å². The zero-order valence-electron chi connectivity index (χ0n) is 18.5. The summed E-state index contributed by atoms with van der Waals surface area (Å²) in [5.41, 5.74) is 0.703. The molecule has 33 heavy (non-hydrogen) atoms. The van der Waals surface area contributed by atoms with Crippen molar-refractivity contribution in [3.8, 4) is 17.2 Å². The number of ether oxygens (including phenoxy) is 3. The van der Waals surface area contributed by atoms with Gasteiger partial charge in [-0.25, -0.2) is 8.42 Å². The summed E-state index contributed by atoms with van der Waals surface area (Å²) in [4.78, 5) is 26.5. The van der Waals surface area contributed by atoms with Crippen molar-refractivity contribution in [1.82, 2.24) is 9.21 Å². The molecular weight excluding hydrogens is 450 g/mol. The Morgan fingerprint density at radius 3 is 2.45 bits per heavy atom. The van der Waals surface area contributed by atoms with Gasteiger partial charge in [0, 0.05) is 32.2 Å². The van der Waals surface area contributed by atoms with Crippen LogP contribution in [-0.2, 0) is 14.8 Å². The largest absolute Gasteiger partial charge is 0.497 e. The van der Waals surface area contributed by atoms with Gasteiger partial charge in [0.25, 0.3) is 11.8 Å². The van der Waals surface area contributed by atoms with E-state index in [1.54, 1.807) is 30.0 Å². The molecule has 2 aliphatic heterocycles. The Bertz CT molecular complexity index is 1190. The van der Waals surface area contributed by atoms with Gasteiger partial charge in [0.2, 0.25) is 10.0 Å². The van der Waals surface area contributed by atoms with Crippen LogP contribution in [-0.4, -0.2) is 75.9 Å². The molecule has 1 saturated heterocycles. The van der Waals surface area contributed by atoms with Crippen LogP contribution >= 0.6 is 0 Å². The number of sulfonamides is 1. The van der Waals surface area contributed by atoms with Crippen LogP contribution in [0.2, 0.25) is 0 Å². The summed E-state index contributed by atoms with van der Waals surface area (Å²) in [5.74, 6) is 0.805. The summed E-state index contributed by atoms with van der Waals surface area (Å²) in [6.45, 7) is 2.36. The van der Waals surface area contributed by atoms with Crippen molar-refractivity contribution < 1.29 is 32.2 Å². The van der Waals surface area contributed by atoms with Crippen LogP contribution in [0.1, 0.15) is 17.3 Å². The third-order valence-corrected chi connectivity index (χ3v) is 7.58. The number of carbonyl (C=O) groups excluding carboxylic acids is 2. The number of carbonyl (C=O) groups is 2. The van der Waals surface area contributed by atoms with E-state index in [0.717, 1.165) is 0 Å². The van der Waals surface area contributed by atoms with Crippen LogP contribution in [0.25, 0.3) is 0 Å². The molecule has 1 fully saturated rings.